The molecule has 0 aliphatic rings. The standard InChI is InChI=1S/C10H15N.ClH/c1-7-5-4-6-8(2)10(7)9(3)11;/h4-6,9H,11H2,1-3H3;1H. The molecule has 0 aliphatic carbocycles. The van der Waals surface area contributed by atoms with E-state index in [1.807, 2.05) is 6.92 Å². The van der Waals surface area contributed by atoms with Crippen LogP contribution in [-0.2, 0) is 0 Å². The highest BCUT2D eigenvalue weighted by atomic mass is 35.5. The van der Waals surface area contributed by atoms with Gasteiger partial charge in [0.05, 0.1) is 0 Å². The van der Waals surface area contributed by atoms with E-state index in [4.69, 9.17) is 5.73 Å². The zero-order valence-electron chi connectivity index (χ0n) is 7.79. The number of halogens is 1. The molecule has 0 radical (unpaired) electrons. The van der Waals surface area contributed by atoms with Gasteiger partial charge in [-0.2, -0.15) is 0 Å². The van der Waals surface area contributed by atoms with Crippen molar-refractivity contribution in [2.24, 2.45) is 5.73 Å². The summed E-state index contributed by atoms with van der Waals surface area (Å²) in [4.78, 5) is 0. The summed E-state index contributed by atoms with van der Waals surface area (Å²) in [6.45, 7) is 6.23. The smallest absolute Gasteiger partial charge is 0.0271 e. The van der Waals surface area contributed by atoms with Crippen LogP contribution in [0.15, 0.2) is 18.2 Å². The maximum absolute atomic E-state index is 5.82. The Morgan fingerprint density at radius 3 is 1.83 bits per heavy atom. The summed E-state index contributed by atoms with van der Waals surface area (Å²) in [5, 5.41) is 0. The summed E-state index contributed by atoms with van der Waals surface area (Å²) in [5.41, 5.74) is 9.68. The van der Waals surface area contributed by atoms with Crippen LogP contribution in [0.25, 0.3) is 0 Å². The summed E-state index contributed by atoms with van der Waals surface area (Å²) in [7, 11) is 0. The molecule has 1 aromatic carbocycles. The Balaban J connectivity index is 0.00000121. The maximum Gasteiger partial charge on any atom is 0.0271 e. The van der Waals surface area contributed by atoms with E-state index in [2.05, 4.69) is 32.0 Å². The molecular formula is C10H16ClN. The van der Waals surface area contributed by atoms with E-state index in [0.717, 1.165) is 0 Å². The third-order valence-electron chi connectivity index (χ3n) is 2.00. The van der Waals surface area contributed by atoms with Crippen molar-refractivity contribution in [2.45, 2.75) is 26.8 Å². The number of benzene rings is 1. The Labute approximate surface area is 80.4 Å². The summed E-state index contributed by atoms with van der Waals surface area (Å²) < 4.78 is 0. The highest BCUT2D eigenvalue weighted by molar-refractivity contribution is 5.85. The summed E-state index contributed by atoms with van der Waals surface area (Å²) in [5.74, 6) is 0. The van der Waals surface area contributed by atoms with Gasteiger partial charge in [0.1, 0.15) is 0 Å². The predicted octanol–water partition coefficient (Wildman–Crippen LogP) is 2.74. The van der Waals surface area contributed by atoms with E-state index in [0.29, 0.717) is 0 Å². The largest absolute Gasteiger partial charge is 0.324 e. The average molecular weight is 186 g/mol. The quantitative estimate of drug-likeness (QED) is 0.716. The van der Waals surface area contributed by atoms with Gasteiger partial charge in [-0.05, 0) is 37.5 Å². The van der Waals surface area contributed by atoms with E-state index >= 15 is 0 Å². The first-order valence-corrected chi connectivity index (χ1v) is 3.94. The second-order valence-corrected chi connectivity index (χ2v) is 3.09. The molecule has 0 spiro atoms. The second-order valence-electron chi connectivity index (χ2n) is 3.09. The van der Waals surface area contributed by atoms with E-state index in [9.17, 15) is 0 Å². The molecule has 0 fully saturated rings. The monoisotopic (exact) mass is 185 g/mol. The molecule has 68 valence electrons. The normalized spacial score (nSPS) is 12.0. The van der Waals surface area contributed by atoms with Crippen molar-refractivity contribution in [2.75, 3.05) is 0 Å². The van der Waals surface area contributed by atoms with Crippen LogP contribution in [0, 0.1) is 13.8 Å². The minimum absolute atomic E-state index is 0. The second kappa shape index (κ2) is 4.48. The topological polar surface area (TPSA) is 26.0 Å². The lowest BCUT2D eigenvalue weighted by molar-refractivity contribution is 0.801. The van der Waals surface area contributed by atoms with Gasteiger partial charge in [0.25, 0.3) is 0 Å². The van der Waals surface area contributed by atoms with Crippen molar-refractivity contribution in [1.82, 2.24) is 0 Å². The van der Waals surface area contributed by atoms with E-state index in [1.165, 1.54) is 16.7 Å². The van der Waals surface area contributed by atoms with Crippen molar-refractivity contribution in [3.63, 3.8) is 0 Å². The van der Waals surface area contributed by atoms with Crippen LogP contribution in [0.2, 0.25) is 0 Å². The third kappa shape index (κ3) is 2.23. The molecule has 0 saturated heterocycles. The molecule has 0 bridgehead atoms. The molecule has 2 N–H and O–H groups in total. The van der Waals surface area contributed by atoms with Crippen LogP contribution >= 0.6 is 12.4 Å². The highest BCUT2D eigenvalue weighted by Gasteiger charge is 2.04. The first-order valence-electron chi connectivity index (χ1n) is 3.94. The number of hydrogen-bond donors (Lipinski definition) is 1. The molecule has 1 rings (SSSR count). The number of nitrogens with two attached hydrogens (primary N) is 1. The highest BCUT2D eigenvalue weighted by Crippen LogP contribution is 2.18. The van der Waals surface area contributed by atoms with Crippen LogP contribution in [0.1, 0.15) is 29.7 Å². The van der Waals surface area contributed by atoms with Gasteiger partial charge in [-0.15, -0.1) is 12.4 Å². The molecule has 12 heavy (non-hydrogen) atoms. The minimum atomic E-state index is 0. The molecule has 1 aromatic rings. The van der Waals surface area contributed by atoms with E-state index in [-0.39, 0.29) is 18.4 Å². The summed E-state index contributed by atoms with van der Waals surface area (Å²) >= 11 is 0. The Bertz CT molecular complexity index is 236. The Hall–Kier alpha value is -0.530. The minimum Gasteiger partial charge on any atom is -0.324 e. The Kier molecular flexibility index (Phi) is 4.29. The molecule has 1 nitrogen and oxygen atoms in total. The summed E-state index contributed by atoms with van der Waals surface area (Å²) in [6, 6.07) is 6.42. The first-order chi connectivity index (χ1) is 5.13. The van der Waals surface area contributed by atoms with Crippen LogP contribution < -0.4 is 5.73 Å². The lowest BCUT2D eigenvalue weighted by Crippen LogP contribution is -2.08. The molecule has 0 aromatic heterocycles. The van der Waals surface area contributed by atoms with Crippen LogP contribution in [0.5, 0.6) is 0 Å². The van der Waals surface area contributed by atoms with Gasteiger partial charge in [-0.3, -0.25) is 0 Å². The van der Waals surface area contributed by atoms with Crippen molar-refractivity contribution in [3.8, 4) is 0 Å². The molecule has 0 aliphatic heterocycles. The van der Waals surface area contributed by atoms with Crippen LogP contribution in [0.4, 0.5) is 0 Å². The molecule has 0 saturated carbocycles. The predicted molar refractivity (Wildman–Crippen MR) is 55.8 cm³/mol. The van der Waals surface area contributed by atoms with Gasteiger partial charge in [0.2, 0.25) is 0 Å². The third-order valence-corrected chi connectivity index (χ3v) is 2.00. The van der Waals surface area contributed by atoms with Crippen molar-refractivity contribution < 1.29 is 0 Å². The average Bonchev–Trinajstić information content (AvgIpc) is 1.85. The SMILES string of the molecule is Cc1cccc(C)c1C(C)N.Cl. The fraction of sp³-hybridized carbons (Fsp3) is 0.400. The van der Waals surface area contributed by atoms with E-state index in [1.54, 1.807) is 0 Å². The van der Waals surface area contributed by atoms with Gasteiger partial charge in [-0.1, -0.05) is 18.2 Å². The Morgan fingerprint density at radius 1 is 1.17 bits per heavy atom. The molecular weight excluding hydrogens is 170 g/mol. The zero-order valence-corrected chi connectivity index (χ0v) is 8.61. The molecule has 2 heteroatoms. The van der Waals surface area contributed by atoms with Crippen molar-refractivity contribution >= 4 is 12.4 Å². The lowest BCUT2D eigenvalue weighted by atomic mass is 9.98. The van der Waals surface area contributed by atoms with Crippen molar-refractivity contribution in [1.29, 1.82) is 0 Å². The lowest BCUT2D eigenvalue weighted by Gasteiger charge is -2.12. The summed E-state index contributed by atoms with van der Waals surface area (Å²) in [6.07, 6.45) is 0. The van der Waals surface area contributed by atoms with Gasteiger partial charge >= 0.3 is 0 Å². The fourth-order valence-electron chi connectivity index (χ4n) is 1.55. The number of rotatable bonds is 1. The maximum atomic E-state index is 5.82. The van der Waals surface area contributed by atoms with Crippen LogP contribution in [0.3, 0.4) is 0 Å². The molecule has 1 unspecified atom stereocenters. The molecule has 0 heterocycles. The zero-order chi connectivity index (χ0) is 8.43. The van der Waals surface area contributed by atoms with Crippen molar-refractivity contribution in [3.05, 3.63) is 34.9 Å². The number of hydrogen-bond acceptors (Lipinski definition) is 1. The van der Waals surface area contributed by atoms with E-state index < -0.39 is 0 Å². The van der Waals surface area contributed by atoms with Gasteiger partial charge in [0, 0.05) is 6.04 Å². The fourth-order valence-corrected chi connectivity index (χ4v) is 1.55. The van der Waals surface area contributed by atoms with Gasteiger partial charge < -0.3 is 5.73 Å². The van der Waals surface area contributed by atoms with Crippen LogP contribution in [-0.4, -0.2) is 0 Å². The Morgan fingerprint density at radius 2 is 1.58 bits per heavy atom. The first kappa shape index (κ1) is 11.5. The molecule has 0 amide bonds. The molecule has 1 atom stereocenters. The van der Waals surface area contributed by atoms with Gasteiger partial charge in [-0.25, -0.2) is 0 Å². The number of aryl methyl sites for hydroxylation is 2. The van der Waals surface area contributed by atoms with Gasteiger partial charge in [0.15, 0.2) is 0 Å².